The molecule has 0 unspecified atom stereocenters. The Morgan fingerprint density at radius 1 is 1.56 bits per heavy atom. The van der Waals surface area contributed by atoms with Crippen LogP contribution in [0, 0.1) is 6.92 Å². The summed E-state index contributed by atoms with van der Waals surface area (Å²) in [5, 5.41) is 0. The molecule has 0 aliphatic heterocycles. The minimum Gasteiger partial charge on any atom is -0.443 e. The number of aryl methyl sites for hydroxylation is 2. The summed E-state index contributed by atoms with van der Waals surface area (Å²) in [6, 6.07) is 0.352. The molecule has 1 amide bonds. The molecule has 1 aromatic rings. The Hall–Kier alpha value is -1.52. The molecular formula is C13H21N3O2. The van der Waals surface area contributed by atoms with E-state index < -0.39 is 0 Å². The van der Waals surface area contributed by atoms with Gasteiger partial charge in [-0.3, -0.25) is 0 Å². The lowest BCUT2D eigenvalue weighted by Gasteiger charge is -2.23. The van der Waals surface area contributed by atoms with Crippen molar-refractivity contribution in [3.63, 3.8) is 0 Å². The topological polar surface area (TPSA) is 47.4 Å². The number of nitrogens with zero attached hydrogens (tertiary/aromatic N) is 3. The fourth-order valence-corrected chi connectivity index (χ4v) is 2.45. The predicted octanol–water partition coefficient (Wildman–Crippen LogP) is 2.24. The maximum absolute atomic E-state index is 11.9. The van der Waals surface area contributed by atoms with Gasteiger partial charge in [0.1, 0.15) is 6.61 Å². The standard InChI is InChI=1S/C13H21N3O2/c1-10-12(15(2)9-14-10)8-18-13(17)16(3)11-6-4-5-7-11/h9,11H,4-8H2,1-3H3. The number of hydrogen-bond donors (Lipinski definition) is 0. The lowest BCUT2D eigenvalue weighted by molar-refractivity contribution is 0.0899. The van der Waals surface area contributed by atoms with Crippen LogP contribution < -0.4 is 0 Å². The number of aromatic nitrogens is 2. The molecular weight excluding hydrogens is 230 g/mol. The van der Waals surface area contributed by atoms with Crippen molar-refractivity contribution >= 4 is 6.09 Å². The highest BCUT2D eigenvalue weighted by molar-refractivity contribution is 5.67. The Kier molecular flexibility index (Phi) is 3.89. The lowest BCUT2D eigenvalue weighted by Crippen LogP contribution is -2.35. The van der Waals surface area contributed by atoms with Crippen LogP contribution in [0.4, 0.5) is 4.79 Å². The summed E-state index contributed by atoms with van der Waals surface area (Å²) in [5.74, 6) is 0. The first-order valence-electron chi connectivity index (χ1n) is 6.46. The van der Waals surface area contributed by atoms with Crippen molar-refractivity contribution in [2.75, 3.05) is 7.05 Å². The van der Waals surface area contributed by atoms with Crippen molar-refractivity contribution in [2.24, 2.45) is 7.05 Å². The molecule has 0 saturated heterocycles. The summed E-state index contributed by atoms with van der Waals surface area (Å²) in [6.07, 6.45) is 6.11. The average molecular weight is 251 g/mol. The zero-order valence-corrected chi connectivity index (χ0v) is 11.3. The number of ether oxygens (including phenoxy) is 1. The maximum atomic E-state index is 11.9. The highest BCUT2D eigenvalue weighted by Crippen LogP contribution is 2.23. The Labute approximate surface area is 108 Å². The number of rotatable bonds is 3. The second-order valence-corrected chi connectivity index (χ2v) is 4.99. The third kappa shape index (κ3) is 2.66. The largest absolute Gasteiger partial charge is 0.443 e. The monoisotopic (exact) mass is 251 g/mol. The molecule has 1 fully saturated rings. The van der Waals surface area contributed by atoms with Gasteiger partial charge in [-0.05, 0) is 19.8 Å². The first kappa shape index (κ1) is 12.9. The van der Waals surface area contributed by atoms with E-state index in [0.717, 1.165) is 24.2 Å². The SMILES string of the molecule is Cc1ncn(C)c1COC(=O)N(C)C1CCCC1. The molecule has 0 atom stereocenters. The molecule has 0 bridgehead atoms. The third-order valence-corrected chi connectivity index (χ3v) is 3.76. The van der Waals surface area contributed by atoms with Gasteiger partial charge in [-0.25, -0.2) is 9.78 Å². The van der Waals surface area contributed by atoms with Crippen LogP contribution in [0.5, 0.6) is 0 Å². The zero-order chi connectivity index (χ0) is 13.1. The molecule has 5 nitrogen and oxygen atoms in total. The number of carbonyl (C=O) groups is 1. The van der Waals surface area contributed by atoms with E-state index in [1.807, 2.05) is 25.6 Å². The minimum atomic E-state index is -0.234. The molecule has 0 N–H and O–H groups in total. The smallest absolute Gasteiger partial charge is 0.410 e. The van der Waals surface area contributed by atoms with Gasteiger partial charge in [0.15, 0.2) is 0 Å². The number of amides is 1. The van der Waals surface area contributed by atoms with Crippen LogP contribution in [-0.2, 0) is 18.4 Å². The first-order valence-corrected chi connectivity index (χ1v) is 6.46. The molecule has 0 aromatic carbocycles. The summed E-state index contributed by atoms with van der Waals surface area (Å²) in [6.45, 7) is 2.21. The lowest BCUT2D eigenvalue weighted by atomic mass is 10.2. The Morgan fingerprint density at radius 2 is 2.22 bits per heavy atom. The normalized spacial score (nSPS) is 15.9. The highest BCUT2D eigenvalue weighted by Gasteiger charge is 2.24. The van der Waals surface area contributed by atoms with E-state index >= 15 is 0 Å². The molecule has 1 saturated carbocycles. The van der Waals surface area contributed by atoms with E-state index in [2.05, 4.69) is 4.98 Å². The van der Waals surface area contributed by atoms with Gasteiger partial charge in [-0.1, -0.05) is 12.8 Å². The van der Waals surface area contributed by atoms with Crippen molar-refractivity contribution in [2.45, 2.75) is 45.3 Å². The van der Waals surface area contributed by atoms with Crippen molar-refractivity contribution in [1.29, 1.82) is 0 Å². The van der Waals surface area contributed by atoms with Crippen LogP contribution in [0.3, 0.4) is 0 Å². The summed E-state index contributed by atoms with van der Waals surface area (Å²) >= 11 is 0. The van der Waals surface area contributed by atoms with Crippen LogP contribution in [0.2, 0.25) is 0 Å². The van der Waals surface area contributed by atoms with Crippen LogP contribution in [-0.4, -0.2) is 33.6 Å². The van der Waals surface area contributed by atoms with E-state index in [1.54, 1.807) is 11.2 Å². The molecule has 0 spiro atoms. The quantitative estimate of drug-likeness (QED) is 0.827. The van der Waals surface area contributed by atoms with E-state index in [0.29, 0.717) is 6.04 Å². The average Bonchev–Trinajstić information content (AvgIpc) is 2.97. The van der Waals surface area contributed by atoms with Crippen molar-refractivity contribution in [3.05, 3.63) is 17.7 Å². The van der Waals surface area contributed by atoms with Gasteiger partial charge >= 0.3 is 6.09 Å². The molecule has 5 heteroatoms. The predicted molar refractivity (Wildman–Crippen MR) is 68.1 cm³/mol. The van der Waals surface area contributed by atoms with Gasteiger partial charge in [0, 0.05) is 20.1 Å². The first-order chi connectivity index (χ1) is 8.59. The number of hydrogen-bond acceptors (Lipinski definition) is 3. The second-order valence-electron chi connectivity index (χ2n) is 4.99. The minimum absolute atomic E-state index is 0.234. The molecule has 1 aliphatic rings. The highest BCUT2D eigenvalue weighted by atomic mass is 16.6. The van der Waals surface area contributed by atoms with Crippen LogP contribution in [0.1, 0.15) is 37.1 Å². The molecule has 0 radical (unpaired) electrons. The van der Waals surface area contributed by atoms with Crippen LogP contribution in [0.25, 0.3) is 0 Å². The molecule has 2 rings (SSSR count). The van der Waals surface area contributed by atoms with E-state index in [1.165, 1.54) is 12.8 Å². The summed E-state index contributed by atoms with van der Waals surface area (Å²) in [5.41, 5.74) is 1.86. The fourth-order valence-electron chi connectivity index (χ4n) is 2.45. The molecule has 1 heterocycles. The van der Waals surface area contributed by atoms with E-state index in [-0.39, 0.29) is 12.7 Å². The zero-order valence-electron chi connectivity index (χ0n) is 11.3. The number of imidazole rings is 1. The molecule has 1 aromatic heterocycles. The van der Waals surface area contributed by atoms with Gasteiger partial charge in [-0.2, -0.15) is 0 Å². The van der Waals surface area contributed by atoms with E-state index in [9.17, 15) is 4.79 Å². The van der Waals surface area contributed by atoms with Gasteiger partial charge < -0.3 is 14.2 Å². The van der Waals surface area contributed by atoms with Crippen LogP contribution >= 0.6 is 0 Å². The van der Waals surface area contributed by atoms with Crippen molar-refractivity contribution < 1.29 is 9.53 Å². The van der Waals surface area contributed by atoms with Gasteiger partial charge in [0.25, 0.3) is 0 Å². The third-order valence-electron chi connectivity index (χ3n) is 3.76. The number of carbonyl (C=O) groups excluding carboxylic acids is 1. The Morgan fingerprint density at radius 3 is 2.78 bits per heavy atom. The molecule has 1 aliphatic carbocycles. The van der Waals surface area contributed by atoms with Crippen molar-refractivity contribution in [1.82, 2.24) is 14.5 Å². The van der Waals surface area contributed by atoms with Gasteiger partial charge in [0.05, 0.1) is 17.7 Å². The molecule has 18 heavy (non-hydrogen) atoms. The van der Waals surface area contributed by atoms with Gasteiger partial charge in [-0.15, -0.1) is 0 Å². The summed E-state index contributed by atoms with van der Waals surface area (Å²) in [4.78, 5) is 17.8. The molecule has 100 valence electrons. The van der Waals surface area contributed by atoms with Crippen molar-refractivity contribution in [3.8, 4) is 0 Å². The Bertz CT molecular complexity index is 402. The van der Waals surface area contributed by atoms with E-state index in [4.69, 9.17) is 4.74 Å². The van der Waals surface area contributed by atoms with Crippen LogP contribution in [0.15, 0.2) is 6.33 Å². The summed E-state index contributed by atoms with van der Waals surface area (Å²) < 4.78 is 7.24. The second kappa shape index (κ2) is 5.42. The maximum Gasteiger partial charge on any atom is 0.410 e. The summed E-state index contributed by atoms with van der Waals surface area (Å²) in [7, 11) is 3.73. The Balaban J connectivity index is 1.88. The fraction of sp³-hybridized carbons (Fsp3) is 0.692. The van der Waals surface area contributed by atoms with Gasteiger partial charge in [0.2, 0.25) is 0 Å².